The van der Waals surface area contributed by atoms with E-state index in [4.69, 9.17) is 11.6 Å². The van der Waals surface area contributed by atoms with Crippen LogP contribution in [0.15, 0.2) is 12.1 Å². The molecule has 1 aromatic rings. The quantitative estimate of drug-likeness (QED) is 0.567. The lowest BCUT2D eigenvalue weighted by Gasteiger charge is -2.25. The fourth-order valence-electron chi connectivity index (χ4n) is 2.60. The first-order valence-electron chi connectivity index (χ1n) is 6.17. The largest absolute Gasteiger partial charge is 0.294 e. The molecule has 2 atom stereocenters. The Morgan fingerprint density at radius 1 is 1.28 bits per heavy atom. The minimum atomic E-state index is -0.745. The Morgan fingerprint density at radius 3 is 2.67 bits per heavy atom. The van der Waals surface area contributed by atoms with Gasteiger partial charge in [0.15, 0.2) is 5.78 Å². The van der Waals surface area contributed by atoms with E-state index < -0.39 is 11.6 Å². The van der Waals surface area contributed by atoms with Gasteiger partial charge in [-0.1, -0.05) is 31.4 Å². The molecular formula is C14H15ClF2O. The number of benzene rings is 1. The van der Waals surface area contributed by atoms with Crippen LogP contribution in [0.2, 0.25) is 5.02 Å². The Hall–Kier alpha value is -0.960. The van der Waals surface area contributed by atoms with Gasteiger partial charge in [0.05, 0.1) is 10.6 Å². The Balaban J connectivity index is 2.25. The van der Waals surface area contributed by atoms with E-state index in [2.05, 4.69) is 6.92 Å². The van der Waals surface area contributed by atoms with Crippen LogP contribution in [0.1, 0.15) is 43.0 Å². The number of hydrogen-bond acceptors (Lipinski definition) is 1. The van der Waals surface area contributed by atoms with Gasteiger partial charge in [0.25, 0.3) is 0 Å². The van der Waals surface area contributed by atoms with Crippen molar-refractivity contribution in [2.24, 2.45) is 11.8 Å². The van der Waals surface area contributed by atoms with Gasteiger partial charge in [-0.05, 0) is 30.9 Å². The van der Waals surface area contributed by atoms with Crippen LogP contribution in [-0.4, -0.2) is 5.78 Å². The number of ketones is 1. The summed E-state index contributed by atoms with van der Waals surface area (Å²) in [7, 11) is 0. The van der Waals surface area contributed by atoms with E-state index in [9.17, 15) is 13.6 Å². The summed E-state index contributed by atoms with van der Waals surface area (Å²) in [6.45, 7) is 2.08. The molecule has 0 amide bonds. The molecule has 0 aromatic heterocycles. The molecule has 1 saturated carbocycles. The van der Waals surface area contributed by atoms with Crippen LogP contribution >= 0.6 is 11.6 Å². The second kappa shape index (κ2) is 5.35. The molecule has 4 heteroatoms. The average Bonchev–Trinajstić information content (AvgIpc) is 2.33. The van der Waals surface area contributed by atoms with E-state index in [1.54, 1.807) is 0 Å². The van der Waals surface area contributed by atoms with Crippen LogP contribution in [0.4, 0.5) is 8.78 Å². The molecule has 0 saturated heterocycles. The molecular weight excluding hydrogens is 258 g/mol. The molecule has 18 heavy (non-hydrogen) atoms. The highest BCUT2D eigenvalue weighted by atomic mass is 35.5. The summed E-state index contributed by atoms with van der Waals surface area (Å²) in [5, 5.41) is -0.291. The third-order valence-electron chi connectivity index (χ3n) is 3.58. The third kappa shape index (κ3) is 2.72. The first kappa shape index (κ1) is 13.5. The number of halogens is 3. The fourth-order valence-corrected chi connectivity index (χ4v) is 2.75. The summed E-state index contributed by atoms with van der Waals surface area (Å²) >= 11 is 5.47. The fraction of sp³-hybridized carbons (Fsp3) is 0.500. The number of Topliss-reactive ketones (excluding diaryl/α,β-unsaturated/α-hetero) is 1. The summed E-state index contributed by atoms with van der Waals surface area (Å²) in [4.78, 5) is 12.2. The molecule has 1 aliphatic carbocycles. The first-order chi connectivity index (χ1) is 8.49. The van der Waals surface area contributed by atoms with Crippen molar-refractivity contribution in [3.8, 4) is 0 Å². The van der Waals surface area contributed by atoms with Crippen molar-refractivity contribution in [3.05, 3.63) is 34.4 Å². The number of carbonyl (C=O) groups excluding carboxylic acids is 1. The van der Waals surface area contributed by atoms with Crippen LogP contribution in [-0.2, 0) is 0 Å². The molecule has 1 aromatic carbocycles. The Kier molecular flexibility index (Phi) is 4.00. The molecule has 0 radical (unpaired) electrons. The van der Waals surface area contributed by atoms with E-state index in [-0.39, 0.29) is 22.3 Å². The van der Waals surface area contributed by atoms with Crippen molar-refractivity contribution in [2.45, 2.75) is 32.6 Å². The number of carbonyl (C=O) groups is 1. The Labute approximate surface area is 110 Å². The maximum absolute atomic E-state index is 13.7. The lowest BCUT2D eigenvalue weighted by atomic mass is 9.78. The molecule has 0 aliphatic heterocycles. The molecule has 0 N–H and O–H groups in total. The van der Waals surface area contributed by atoms with Crippen LogP contribution in [0.25, 0.3) is 0 Å². The SMILES string of the molecule is CC1CCCC(C(=O)c2cc(F)c(Cl)cc2F)C1. The van der Waals surface area contributed by atoms with Crippen LogP contribution in [0.5, 0.6) is 0 Å². The van der Waals surface area contributed by atoms with Gasteiger partial charge in [0.2, 0.25) is 0 Å². The normalized spacial score (nSPS) is 24.0. The average molecular weight is 273 g/mol. The Bertz CT molecular complexity index is 473. The second-order valence-corrected chi connectivity index (χ2v) is 5.49. The monoisotopic (exact) mass is 272 g/mol. The smallest absolute Gasteiger partial charge is 0.168 e. The molecule has 0 spiro atoms. The zero-order chi connectivity index (χ0) is 13.3. The molecule has 1 nitrogen and oxygen atoms in total. The highest BCUT2D eigenvalue weighted by molar-refractivity contribution is 6.30. The van der Waals surface area contributed by atoms with E-state index in [1.807, 2.05) is 0 Å². The van der Waals surface area contributed by atoms with Crippen molar-refractivity contribution in [1.29, 1.82) is 0 Å². The summed E-state index contributed by atoms with van der Waals surface area (Å²) in [6.07, 6.45) is 3.58. The minimum Gasteiger partial charge on any atom is -0.294 e. The van der Waals surface area contributed by atoms with Gasteiger partial charge in [0, 0.05) is 5.92 Å². The van der Waals surface area contributed by atoms with Crippen LogP contribution in [0.3, 0.4) is 0 Å². The summed E-state index contributed by atoms with van der Waals surface area (Å²) < 4.78 is 27.0. The molecule has 0 bridgehead atoms. The van der Waals surface area contributed by atoms with Crippen LogP contribution < -0.4 is 0 Å². The van der Waals surface area contributed by atoms with E-state index in [0.717, 1.165) is 37.8 Å². The Morgan fingerprint density at radius 2 is 2.00 bits per heavy atom. The minimum absolute atomic E-state index is 0.170. The summed E-state index contributed by atoms with van der Waals surface area (Å²) in [5.74, 6) is -1.50. The van der Waals surface area contributed by atoms with E-state index >= 15 is 0 Å². The predicted molar refractivity (Wildman–Crippen MR) is 66.8 cm³/mol. The van der Waals surface area contributed by atoms with Gasteiger partial charge in [-0.15, -0.1) is 0 Å². The molecule has 98 valence electrons. The number of hydrogen-bond donors (Lipinski definition) is 0. The molecule has 2 unspecified atom stereocenters. The van der Waals surface area contributed by atoms with Crippen molar-refractivity contribution >= 4 is 17.4 Å². The van der Waals surface area contributed by atoms with Crippen molar-refractivity contribution in [3.63, 3.8) is 0 Å². The third-order valence-corrected chi connectivity index (χ3v) is 3.87. The lowest BCUT2D eigenvalue weighted by molar-refractivity contribution is 0.0863. The van der Waals surface area contributed by atoms with Gasteiger partial charge in [-0.2, -0.15) is 0 Å². The first-order valence-corrected chi connectivity index (χ1v) is 6.55. The van der Waals surface area contributed by atoms with Gasteiger partial charge in [0.1, 0.15) is 11.6 Å². The highest BCUT2D eigenvalue weighted by Gasteiger charge is 2.28. The molecule has 1 aliphatic rings. The summed E-state index contributed by atoms with van der Waals surface area (Å²) in [5.41, 5.74) is -0.170. The zero-order valence-electron chi connectivity index (χ0n) is 10.2. The van der Waals surface area contributed by atoms with Crippen molar-refractivity contribution in [2.75, 3.05) is 0 Å². The van der Waals surface area contributed by atoms with Crippen molar-refractivity contribution in [1.82, 2.24) is 0 Å². The maximum Gasteiger partial charge on any atom is 0.168 e. The lowest BCUT2D eigenvalue weighted by Crippen LogP contribution is -2.22. The van der Waals surface area contributed by atoms with E-state index in [1.165, 1.54) is 0 Å². The molecule has 2 rings (SSSR count). The molecule has 0 heterocycles. The summed E-state index contributed by atoms with van der Waals surface area (Å²) in [6, 6.07) is 1.79. The highest BCUT2D eigenvalue weighted by Crippen LogP contribution is 2.32. The van der Waals surface area contributed by atoms with Gasteiger partial charge in [-0.25, -0.2) is 8.78 Å². The van der Waals surface area contributed by atoms with Gasteiger partial charge in [-0.3, -0.25) is 4.79 Å². The maximum atomic E-state index is 13.7. The van der Waals surface area contributed by atoms with E-state index in [0.29, 0.717) is 5.92 Å². The van der Waals surface area contributed by atoms with Crippen LogP contribution in [0, 0.1) is 23.5 Å². The predicted octanol–water partition coefficient (Wildman–Crippen LogP) is 4.63. The second-order valence-electron chi connectivity index (χ2n) is 5.08. The zero-order valence-corrected chi connectivity index (χ0v) is 10.9. The van der Waals surface area contributed by atoms with Gasteiger partial charge < -0.3 is 0 Å². The standard InChI is InChI=1S/C14H15ClF2O/c1-8-3-2-4-9(5-8)14(18)10-6-13(17)11(15)7-12(10)16/h6-9H,2-5H2,1H3. The number of rotatable bonds is 2. The molecule has 1 fully saturated rings. The van der Waals surface area contributed by atoms with Crippen molar-refractivity contribution < 1.29 is 13.6 Å². The topological polar surface area (TPSA) is 17.1 Å². The van der Waals surface area contributed by atoms with Gasteiger partial charge >= 0.3 is 0 Å².